The molecule has 1 saturated heterocycles. The van der Waals surface area contributed by atoms with E-state index in [9.17, 15) is 0 Å². The Labute approximate surface area is 111 Å². The highest BCUT2D eigenvalue weighted by atomic mass is 15.1. The Morgan fingerprint density at radius 1 is 1.22 bits per heavy atom. The molecule has 0 bridgehead atoms. The van der Waals surface area contributed by atoms with Crippen molar-refractivity contribution >= 4 is 0 Å². The molecule has 0 aliphatic carbocycles. The summed E-state index contributed by atoms with van der Waals surface area (Å²) in [5.41, 5.74) is 11.8. The third kappa shape index (κ3) is 2.93. The van der Waals surface area contributed by atoms with Gasteiger partial charge in [-0.05, 0) is 56.3 Å². The third-order valence-electron chi connectivity index (χ3n) is 4.28. The number of piperidine rings is 1. The fourth-order valence-electron chi connectivity index (χ4n) is 3.08. The summed E-state index contributed by atoms with van der Waals surface area (Å²) in [6.45, 7) is 12.3. The molecule has 1 aliphatic rings. The largest absolute Gasteiger partial charge is 0.327 e. The van der Waals surface area contributed by atoms with Crippen LogP contribution in [0.4, 0.5) is 0 Å². The first-order valence-corrected chi connectivity index (χ1v) is 7.02. The van der Waals surface area contributed by atoms with Crippen molar-refractivity contribution < 1.29 is 0 Å². The van der Waals surface area contributed by atoms with E-state index in [1.54, 1.807) is 0 Å². The second-order valence-electron chi connectivity index (χ2n) is 6.04. The normalized spacial score (nSPS) is 25.4. The number of nitrogens with two attached hydrogens (primary N) is 1. The van der Waals surface area contributed by atoms with Crippen LogP contribution in [-0.2, 0) is 6.54 Å². The molecule has 0 aromatic heterocycles. The van der Waals surface area contributed by atoms with E-state index in [1.807, 2.05) is 0 Å². The predicted octanol–water partition coefficient (Wildman–Crippen LogP) is 2.78. The van der Waals surface area contributed by atoms with Crippen LogP contribution >= 0.6 is 0 Å². The molecule has 2 unspecified atom stereocenters. The van der Waals surface area contributed by atoms with Gasteiger partial charge in [-0.15, -0.1) is 0 Å². The lowest BCUT2D eigenvalue weighted by molar-refractivity contribution is 0.157. The van der Waals surface area contributed by atoms with Gasteiger partial charge in [0.1, 0.15) is 0 Å². The first-order valence-electron chi connectivity index (χ1n) is 7.02. The van der Waals surface area contributed by atoms with Gasteiger partial charge < -0.3 is 5.73 Å². The molecule has 2 N–H and O–H groups in total. The number of rotatable bonds is 2. The van der Waals surface area contributed by atoms with Crippen LogP contribution in [-0.4, -0.2) is 24.0 Å². The fourth-order valence-corrected chi connectivity index (χ4v) is 3.08. The van der Waals surface area contributed by atoms with E-state index in [0.717, 1.165) is 26.1 Å². The molecule has 0 saturated carbocycles. The van der Waals surface area contributed by atoms with Gasteiger partial charge in [0, 0.05) is 19.1 Å². The molecule has 2 atom stereocenters. The van der Waals surface area contributed by atoms with E-state index in [1.165, 1.54) is 22.3 Å². The Kier molecular flexibility index (Phi) is 4.08. The van der Waals surface area contributed by atoms with Crippen molar-refractivity contribution in [3.63, 3.8) is 0 Å². The molecule has 2 nitrogen and oxygen atoms in total. The van der Waals surface area contributed by atoms with Crippen molar-refractivity contribution in [2.75, 3.05) is 13.1 Å². The van der Waals surface area contributed by atoms with E-state index in [2.05, 4.69) is 44.7 Å². The van der Waals surface area contributed by atoms with Crippen LogP contribution in [0.15, 0.2) is 12.1 Å². The van der Waals surface area contributed by atoms with E-state index in [4.69, 9.17) is 5.73 Å². The summed E-state index contributed by atoms with van der Waals surface area (Å²) < 4.78 is 0. The van der Waals surface area contributed by atoms with Gasteiger partial charge in [0.05, 0.1) is 0 Å². The number of likely N-dealkylation sites (tertiary alicyclic amines) is 1. The van der Waals surface area contributed by atoms with Crippen LogP contribution in [0.2, 0.25) is 0 Å². The van der Waals surface area contributed by atoms with Crippen LogP contribution in [0.3, 0.4) is 0 Å². The highest BCUT2D eigenvalue weighted by Crippen LogP contribution is 2.22. The first-order chi connectivity index (χ1) is 8.47. The van der Waals surface area contributed by atoms with Gasteiger partial charge in [-0.3, -0.25) is 4.90 Å². The van der Waals surface area contributed by atoms with Crippen molar-refractivity contribution in [3.8, 4) is 0 Å². The standard InChI is InChI=1S/C16H26N2/c1-11-7-12(2)15(13(3)8-11)10-18-6-5-16(17)14(4)9-18/h7-8,14,16H,5-6,9-10,17H2,1-4H3. The van der Waals surface area contributed by atoms with Gasteiger partial charge >= 0.3 is 0 Å². The zero-order valence-electron chi connectivity index (χ0n) is 12.2. The maximum atomic E-state index is 6.09. The molecule has 0 radical (unpaired) electrons. The zero-order valence-corrected chi connectivity index (χ0v) is 12.2. The molecule has 2 rings (SSSR count). The molecule has 1 aromatic carbocycles. The third-order valence-corrected chi connectivity index (χ3v) is 4.28. The molecule has 100 valence electrons. The Bertz CT molecular complexity index is 402. The summed E-state index contributed by atoms with van der Waals surface area (Å²) in [6, 6.07) is 4.98. The zero-order chi connectivity index (χ0) is 13.3. The Morgan fingerprint density at radius 2 is 1.83 bits per heavy atom. The second-order valence-corrected chi connectivity index (χ2v) is 6.04. The van der Waals surface area contributed by atoms with Crippen LogP contribution in [0.1, 0.15) is 35.6 Å². The number of benzene rings is 1. The first kappa shape index (κ1) is 13.6. The maximum Gasteiger partial charge on any atom is 0.0239 e. The molecule has 18 heavy (non-hydrogen) atoms. The topological polar surface area (TPSA) is 29.3 Å². The molecule has 1 aliphatic heterocycles. The van der Waals surface area contributed by atoms with Crippen molar-refractivity contribution in [3.05, 3.63) is 34.4 Å². The number of hydrogen-bond donors (Lipinski definition) is 1. The SMILES string of the molecule is Cc1cc(C)c(CN2CCC(N)C(C)C2)c(C)c1. The average molecular weight is 246 g/mol. The quantitative estimate of drug-likeness (QED) is 0.869. The highest BCUT2D eigenvalue weighted by Gasteiger charge is 2.23. The van der Waals surface area contributed by atoms with Gasteiger partial charge in [-0.1, -0.05) is 24.6 Å². The van der Waals surface area contributed by atoms with E-state index in [0.29, 0.717) is 12.0 Å². The van der Waals surface area contributed by atoms with Crippen LogP contribution < -0.4 is 5.73 Å². The Hall–Kier alpha value is -0.860. The van der Waals surface area contributed by atoms with Crippen LogP contribution in [0.25, 0.3) is 0 Å². The van der Waals surface area contributed by atoms with Crippen LogP contribution in [0.5, 0.6) is 0 Å². The molecule has 2 heteroatoms. The summed E-state index contributed by atoms with van der Waals surface area (Å²) in [5.74, 6) is 0.616. The molecular weight excluding hydrogens is 220 g/mol. The molecule has 1 heterocycles. The van der Waals surface area contributed by atoms with Crippen molar-refractivity contribution in [1.82, 2.24) is 4.90 Å². The van der Waals surface area contributed by atoms with E-state index < -0.39 is 0 Å². The lowest BCUT2D eigenvalue weighted by Crippen LogP contribution is -2.45. The predicted molar refractivity (Wildman–Crippen MR) is 77.7 cm³/mol. The van der Waals surface area contributed by atoms with Gasteiger partial charge in [0.2, 0.25) is 0 Å². The van der Waals surface area contributed by atoms with Crippen molar-refractivity contribution in [2.24, 2.45) is 11.7 Å². The average Bonchev–Trinajstić information content (AvgIpc) is 2.28. The van der Waals surface area contributed by atoms with E-state index in [-0.39, 0.29) is 0 Å². The minimum absolute atomic E-state index is 0.390. The Balaban J connectivity index is 2.10. The number of aryl methyl sites for hydroxylation is 3. The highest BCUT2D eigenvalue weighted by molar-refractivity contribution is 5.37. The molecule has 1 aromatic rings. The summed E-state index contributed by atoms with van der Waals surface area (Å²) in [5, 5.41) is 0. The molecule has 0 amide bonds. The Morgan fingerprint density at radius 3 is 2.39 bits per heavy atom. The minimum Gasteiger partial charge on any atom is -0.327 e. The van der Waals surface area contributed by atoms with Gasteiger partial charge in [0.15, 0.2) is 0 Å². The summed E-state index contributed by atoms with van der Waals surface area (Å²) in [4.78, 5) is 2.55. The minimum atomic E-state index is 0.390. The van der Waals surface area contributed by atoms with Crippen molar-refractivity contribution in [1.29, 1.82) is 0 Å². The second kappa shape index (κ2) is 5.41. The van der Waals surface area contributed by atoms with Crippen LogP contribution in [0, 0.1) is 26.7 Å². The molecule has 1 fully saturated rings. The van der Waals surface area contributed by atoms with Crippen molar-refractivity contribution in [2.45, 2.75) is 46.7 Å². The van der Waals surface area contributed by atoms with Gasteiger partial charge in [-0.25, -0.2) is 0 Å². The number of nitrogens with zero attached hydrogens (tertiary/aromatic N) is 1. The fraction of sp³-hybridized carbons (Fsp3) is 0.625. The molecule has 0 spiro atoms. The van der Waals surface area contributed by atoms with Gasteiger partial charge in [-0.2, -0.15) is 0 Å². The monoisotopic (exact) mass is 246 g/mol. The number of hydrogen-bond acceptors (Lipinski definition) is 2. The maximum absolute atomic E-state index is 6.09. The lowest BCUT2D eigenvalue weighted by atomic mass is 9.93. The van der Waals surface area contributed by atoms with E-state index >= 15 is 0 Å². The lowest BCUT2D eigenvalue weighted by Gasteiger charge is -2.35. The van der Waals surface area contributed by atoms with Gasteiger partial charge in [0.25, 0.3) is 0 Å². The summed E-state index contributed by atoms with van der Waals surface area (Å²) in [7, 11) is 0. The molecular formula is C16H26N2. The summed E-state index contributed by atoms with van der Waals surface area (Å²) >= 11 is 0. The smallest absolute Gasteiger partial charge is 0.0239 e. The summed E-state index contributed by atoms with van der Waals surface area (Å²) in [6.07, 6.45) is 1.13.